The van der Waals surface area contributed by atoms with Gasteiger partial charge in [0.1, 0.15) is 0 Å². The Morgan fingerprint density at radius 3 is 2.21 bits per heavy atom. The van der Waals surface area contributed by atoms with Crippen molar-refractivity contribution in [1.82, 2.24) is 9.80 Å². The van der Waals surface area contributed by atoms with Gasteiger partial charge in [-0.15, -0.1) is 0 Å². The molecule has 166 valence electrons. The van der Waals surface area contributed by atoms with Crippen molar-refractivity contribution in [3.8, 4) is 0 Å². The number of carbonyl (C=O) groups is 1. The molecule has 5 N–H and O–H groups in total. The normalized spacial score (nSPS) is 24.3. The molecule has 0 saturated carbocycles. The molecule has 2 aliphatic rings. The average Bonchev–Trinajstić information content (AvgIpc) is 2.73. The predicted octanol–water partition coefficient (Wildman–Crippen LogP) is 2.58. The first-order chi connectivity index (χ1) is 13.7. The van der Waals surface area contributed by atoms with E-state index >= 15 is 0 Å². The lowest BCUT2D eigenvalue weighted by atomic mass is 9.70. The molecule has 0 aliphatic carbocycles. The lowest BCUT2D eigenvalue weighted by Crippen LogP contribution is -2.53. The zero-order valence-electron chi connectivity index (χ0n) is 18.7. The Morgan fingerprint density at radius 1 is 1.07 bits per heavy atom. The maximum absolute atomic E-state index is 11.1. The molecule has 2 fully saturated rings. The van der Waals surface area contributed by atoms with Gasteiger partial charge >= 0.3 is 0 Å². The number of aliphatic hydroxyl groups is 1. The number of piperidine rings is 2. The lowest BCUT2D eigenvalue weighted by Gasteiger charge is -2.46. The zero-order valence-corrected chi connectivity index (χ0v) is 18.7. The topological polar surface area (TPSA) is 95.8 Å². The van der Waals surface area contributed by atoms with Crippen molar-refractivity contribution in [2.45, 2.75) is 71.3 Å². The third-order valence-electron chi connectivity index (χ3n) is 7.30. The molecule has 1 atom stereocenters. The van der Waals surface area contributed by atoms with Crippen LogP contribution in [0.2, 0.25) is 0 Å². The third-order valence-corrected chi connectivity index (χ3v) is 7.30. The summed E-state index contributed by atoms with van der Waals surface area (Å²) in [7, 11) is 0. The van der Waals surface area contributed by atoms with Gasteiger partial charge in [0, 0.05) is 19.6 Å². The van der Waals surface area contributed by atoms with E-state index in [-0.39, 0.29) is 5.70 Å². The first-order valence-corrected chi connectivity index (χ1v) is 11.3. The van der Waals surface area contributed by atoms with Crippen LogP contribution in [0.5, 0.6) is 0 Å². The molecule has 1 unspecified atom stereocenters. The molecule has 0 radical (unpaired) electrons. The second kappa shape index (κ2) is 10.5. The number of carbonyl (C=O) groups excluding carboxylic acids is 1. The van der Waals surface area contributed by atoms with Gasteiger partial charge in [0.25, 0.3) is 0 Å². The summed E-state index contributed by atoms with van der Waals surface area (Å²) >= 11 is 0. The van der Waals surface area contributed by atoms with Crippen LogP contribution in [0.4, 0.5) is 0 Å². The van der Waals surface area contributed by atoms with Gasteiger partial charge in [-0.1, -0.05) is 33.6 Å². The van der Waals surface area contributed by atoms with E-state index in [1.165, 1.54) is 38.2 Å². The van der Waals surface area contributed by atoms with E-state index in [0.717, 1.165) is 25.6 Å². The minimum Gasteiger partial charge on any atom is -0.396 e. The summed E-state index contributed by atoms with van der Waals surface area (Å²) < 4.78 is 0. The van der Waals surface area contributed by atoms with Crippen LogP contribution in [0.25, 0.3) is 0 Å². The van der Waals surface area contributed by atoms with E-state index in [4.69, 9.17) is 11.5 Å². The molecule has 2 saturated heterocycles. The number of likely N-dealkylation sites (tertiary alicyclic amines) is 2. The van der Waals surface area contributed by atoms with E-state index in [1.54, 1.807) is 6.08 Å². The summed E-state index contributed by atoms with van der Waals surface area (Å²) in [5.74, 6) is 1.39. The fourth-order valence-electron chi connectivity index (χ4n) is 4.85. The van der Waals surface area contributed by atoms with E-state index in [0.29, 0.717) is 43.5 Å². The molecule has 2 heterocycles. The Balaban J connectivity index is 1.84. The fourth-order valence-corrected chi connectivity index (χ4v) is 4.85. The molecule has 0 amide bonds. The first kappa shape index (κ1) is 23.7. The number of rotatable bonds is 9. The number of nitrogens with two attached hydrogens (primary N) is 2. The quantitative estimate of drug-likeness (QED) is 0.309. The van der Waals surface area contributed by atoms with Crippen LogP contribution in [0, 0.1) is 11.3 Å². The summed E-state index contributed by atoms with van der Waals surface area (Å²) in [6, 6.07) is 0. The van der Waals surface area contributed by atoms with Crippen LogP contribution < -0.4 is 11.5 Å². The summed E-state index contributed by atoms with van der Waals surface area (Å²) in [5.41, 5.74) is 11.6. The minimum absolute atomic E-state index is 0.156. The van der Waals surface area contributed by atoms with Gasteiger partial charge in [0.05, 0.1) is 17.1 Å². The van der Waals surface area contributed by atoms with Crippen LogP contribution in [0.3, 0.4) is 0 Å². The molecule has 2 aliphatic heterocycles. The fraction of sp³-hybridized carbons (Fsp3) is 0.783. The second-order valence-corrected chi connectivity index (χ2v) is 9.43. The molecule has 0 spiro atoms. The van der Waals surface area contributed by atoms with Crippen molar-refractivity contribution >= 4 is 6.29 Å². The van der Waals surface area contributed by atoms with E-state index in [1.807, 2.05) is 4.90 Å². The van der Waals surface area contributed by atoms with Crippen LogP contribution in [-0.2, 0) is 4.79 Å². The second-order valence-electron chi connectivity index (χ2n) is 9.43. The Kier molecular flexibility index (Phi) is 8.58. The highest BCUT2D eigenvalue weighted by molar-refractivity contribution is 5.72. The maximum atomic E-state index is 11.1. The molecule has 0 aromatic carbocycles. The number of nitrogens with zero attached hydrogens (tertiary/aromatic N) is 2. The van der Waals surface area contributed by atoms with Crippen LogP contribution in [0.15, 0.2) is 23.7 Å². The first-order valence-electron chi connectivity index (χ1n) is 11.3. The smallest absolute Gasteiger partial charge is 0.165 e. The van der Waals surface area contributed by atoms with Gasteiger partial charge in [0.2, 0.25) is 0 Å². The molecule has 0 bridgehead atoms. The van der Waals surface area contributed by atoms with Gasteiger partial charge in [-0.05, 0) is 68.7 Å². The highest BCUT2D eigenvalue weighted by Gasteiger charge is 2.38. The Morgan fingerprint density at radius 2 is 1.69 bits per heavy atom. The van der Waals surface area contributed by atoms with Crippen LogP contribution >= 0.6 is 0 Å². The highest BCUT2D eigenvalue weighted by atomic mass is 16.3. The Hall–Kier alpha value is -1.53. The monoisotopic (exact) mass is 406 g/mol. The van der Waals surface area contributed by atoms with Crippen LogP contribution in [-0.4, -0.2) is 59.5 Å². The number of allylic oxidation sites excluding steroid dienone is 3. The number of aldehydes is 1. The summed E-state index contributed by atoms with van der Waals surface area (Å²) in [6.45, 7) is 11.4. The van der Waals surface area contributed by atoms with Crippen molar-refractivity contribution in [1.29, 1.82) is 0 Å². The van der Waals surface area contributed by atoms with E-state index in [2.05, 4.69) is 25.7 Å². The van der Waals surface area contributed by atoms with Crippen molar-refractivity contribution in [2.24, 2.45) is 22.8 Å². The molecule has 29 heavy (non-hydrogen) atoms. The average molecular weight is 407 g/mol. The van der Waals surface area contributed by atoms with E-state index in [9.17, 15) is 9.90 Å². The molecule has 0 aromatic rings. The highest BCUT2D eigenvalue weighted by Crippen LogP contribution is 2.41. The predicted molar refractivity (Wildman–Crippen MR) is 119 cm³/mol. The van der Waals surface area contributed by atoms with Crippen molar-refractivity contribution < 1.29 is 9.90 Å². The third kappa shape index (κ3) is 6.75. The van der Waals surface area contributed by atoms with Gasteiger partial charge in [-0.3, -0.25) is 4.79 Å². The zero-order chi connectivity index (χ0) is 21.5. The molecule has 6 nitrogen and oxygen atoms in total. The number of hydrogen-bond donors (Lipinski definition) is 3. The van der Waals surface area contributed by atoms with Gasteiger partial charge < -0.3 is 26.4 Å². The summed E-state index contributed by atoms with van der Waals surface area (Å²) in [4.78, 5) is 15.1. The van der Waals surface area contributed by atoms with Gasteiger partial charge in [-0.25, -0.2) is 0 Å². The summed E-state index contributed by atoms with van der Waals surface area (Å²) in [6.07, 6.45) is 11.6. The van der Waals surface area contributed by atoms with Crippen molar-refractivity contribution in [2.75, 3.05) is 32.7 Å². The number of β-amino-alcohol motifs (C(OH)–C–C–N with tert-alkyl or cyclic N) is 1. The van der Waals surface area contributed by atoms with Crippen molar-refractivity contribution in [3.63, 3.8) is 0 Å². The summed E-state index contributed by atoms with van der Waals surface area (Å²) in [5, 5.41) is 11.1. The standard InChI is InChI=1S/C23H42N4O2/c1-4-19(3)16-22(5-2)8-12-26(13-9-22)18-23(29)10-14-27(15-11-23)21(25)7-6-20(24)17-28/h6-7,17,19,29H,4-5,8-16,18,24-25H2,1-3H3/b20-6-,21-7+. The maximum Gasteiger partial charge on any atom is 0.165 e. The minimum atomic E-state index is -0.641. The van der Waals surface area contributed by atoms with E-state index < -0.39 is 5.60 Å². The van der Waals surface area contributed by atoms with Gasteiger partial charge in [0.15, 0.2) is 6.29 Å². The molecule has 0 aromatic heterocycles. The lowest BCUT2D eigenvalue weighted by molar-refractivity contribution is -0.104. The molecular weight excluding hydrogens is 364 g/mol. The molecule has 6 heteroatoms. The largest absolute Gasteiger partial charge is 0.396 e. The van der Waals surface area contributed by atoms with Crippen LogP contribution in [0.1, 0.15) is 65.7 Å². The Bertz CT molecular complexity index is 586. The molecular formula is C23H42N4O2. The van der Waals surface area contributed by atoms with Gasteiger partial charge in [-0.2, -0.15) is 0 Å². The Labute approximate surface area is 177 Å². The van der Waals surface area contributed by atoms with Crippen molar-refractivity contribution in [3.05, 3.63) is 23.7 Å². The molecule has 2 rings (SSSR count). The number of hydrogen-bond acceptors (Lipinski definition) is 6. The SMILES string of the molecule is CCC(C)CC1(CC)CCN(CC2(O)CCN(/C(N)=C/C=C(\N)C=O)CC2)CC1.